The van der Waals surface area contributed by atoms with Gasteiger partial charge in [0.2, 0.25) is 0 Å². The first-order valence-electron chi connectivity index (χ1n) is 6.03. The zero-order chi connectivity index (χ0) is 15.6. The second-order valence-electron chi connectivity index (χ2n) is 4.38. The Balaban J connectivity index is 2.30. The normalized spacial score (nSPS) is 10.3. The summed E-state index contributed by atoms with van der Waals surface area (Å²) in [5, 5.41) is 2.77. The second kappa shape index (κ2) is 6.45. The molecule has 1 amide bonds. The van der Waals surface area contributed by atoms with Crippen LogP contribution in [0.5, 0.6) is 5.75 Å². The molecule has 2 aromatic rings. The predicted octanol–water partition coefficient (Wildman–Crippen LogP) is 4.81. The van der Waals surface area contributed by atoms with Crippen molar-refractivity contribution in [2.75, 3.05) is 12.4 Å². The van der Waals surface area contributed by atoms with E-state index < -0.39 is 5.82 Å². The van der Waals surface area contributed by atoms with Crippen molar-refractivity contribution in [3.63, 3.8) is 0 Å². The van der Waals surface area contributed by atoms with E-state index in [2.05, 4.69) is 21.2 Å². The molecule has 2 rings (SSSR count). The van der Waals surface area contributed by atoms with E-state index in [4.69, 9.17) is 16.3 Å². The first kappa shape index (κ1) is 15.8. The van der Waals surface area contributed by atoms with Crippen LogP contribution in [0.2, 0.25) is 5.02 Å². The van der Waals surface area contributed by atoms with Crippen LogP contribution in [0.4, 0.5) is 10.1 Å². The van der Waals surface area contributed by atoms with Gasteiger partial charge in [-0.05, 0) is 52.7 Å². The van der Waals surface area contributed by atoms with Gasteiger partial charge in [0.25, 0.3) is 5.91 Å². The monoisotopic (exact) mass is 371 g/mol. The summed E-state index contributed by atoms with van der Waals surface area (Å²) in [4.78, 5) is 12.2. The van der Waals surface area contributed by atoms with Crippen LogP contribution >= 0.6 is 27.5 Å². The van der Waals surface area contributed by atoms with Gasteiger partial charge in [0.15, 0.2) is 0 Å². The fourth-order valence-electron chi connectivity index (χ4n) is 1.81. The maximum absolute atomic E-state index is 13.2. The molecule has 3 nitrogen and oxygen atoms in total. The molecule has 0 spiro atoms. The number of methoxy groups -OCH3 is 1. The van der Waals surface area contributed by atoms with E-state index in [1.807, 2.05) is 6.92 Å². The van der Waals surface area contributed by atoms with Crippen LogP contribution in [0.25, 0.3) is 0 Å². The molecule has 0 aliphatic rings. The highest BCUT2D eigenvalue weighted by atomic mass is 79.9. The molecule has 0 aliphatic heterocycles. The van der Waals surface area contributed by atoms with E-state index in [0.29, 0.717) is 21.5 Å². The lowest BCUT2D eigenvalue weighted by Crippen LogP contribution is -2.13. The van der Waals surface area contributed by atoms with Crippen LogP contribution in [-0.2, 0) is 0 Å². The molecule has 0 heterocycles. The van der Waals surface area contributed by atoms with Crippen LogP contribution < -0.4 is 10.1 Å². The number of amides is 1. The maximum atomic E-state index is 13.2. The third kappa shape index (κ3) is 3.54. The van der Waals surface area contributed by atoms with E-state index in [1.165, 1.54) is 13.2 Å². The van der Waals surface area contributed by atoms with Gasteiger partial charge in [0.1, 0.15) is 11.6 Å². The summed E-state index contributed by atoms with van der Waals surface area (Å²) < 4.78 is 18.7. The molecule has 6 heteroatoms. The molecule has 21 heavy (non-hydrogen) atoms. The van der Waals surface area contributed by atoms with Gasteiger partial charge in [-0.3, -0.25) is 4.79 Å². The minimum absolute atomic E-state index is 0.120. The molecular formula is C15H12BrClFNO2. The Morgan fingerprint density at radius 2 is 2.05 bits per heavy atom. The Bertz CT molecular complexity index is 683. The van der Waals surface area contributed by atoms with Crippen molar-refractivity contribution in [1.29, 1.82) is 0 Å². The van der Waals surface area contributed by atoms with Crippen molar-refractivity contribution in [2.45, 2.75) is 6.92 Å². The SMILES string of the molecule is COc1cc(C(=O)Nc2c(Cl)cc(F)cc2Br)ccc1C. The number of rotatable bonds is 3. The second-order valence-corrected chi connectivity index (χ2v) is 5.64. The van der Waals surface area contributed by atoms with Crippen LogP contribution in [-0.4, -0.2) is 13.0 Å². The van der Waals surface area contributed by atoms with Gasteiger partial charge < -0.3 is 10.1 Å². The van der Waals surface area contributed by atoms with E-state index in [1.54, 1.807) is 18.2 Å². The fraction of sp³-hybridized carbons (Fsp3) is 0.133. The van der Waals surface area contributed by atoms with E-state index in [0.717, 1.165) is 11.6 Å². The summed E-state index contributed by atoms with van der Waals surface area (Å²) in [6.45, 7) is 1.88. The standard InChI is InChI=1S/C15H12BrClFNO2/c1-8-3-4-9(5-13(8)21-2)15(20)19-14-11(16)6-10(18)7-12(14)17/h3-7H,1-2H3,(H,19,20). The number of anilines is 1. The Morgan fingerprint density at radius 3 is 2.67 bits per heavy atom. The number of aryl methyl sites for hydroxylation is 1. The molecule has 0 radical (unpaired) electrons. The average molecular weight is 373 g/mol. The highest BCUT2D eigenvalue weighted by Crippen LogP contribution is 2.32. The number of carbonyl (C=O) groups excluding carboxylic acids is 1. The third-order valence-electron chi connectivity index (χ3n) is 2.92. The van der Waals surface area contributed by atoms with Crippen LogP contribution in [0.15, 0.2) is 34.8 Å². The summed E-state index contributed by atoms with van der Waals surface area (Å²) in [5.74, 6) is -0.226. The van der Waals surface area contributed by atoms with Crippen LogP contribution in [0, 0.1) is 12.7 Å². The summed E-state index contributed by atoms with van der Waals surface area (Å²) in [7, 11) is 1.54. The molecular weight excluding hydrogens is 361 g/mol. The van der Waals surface area contributed by atoms with E-state index in [-0.39, 0.29) is 10.9 Å². The van der Waals surface area contributed by atoms with Crippen molar-refractivity contribution in [2.24, 2.45) is 0 Å². The summed E-state index contributed by atoms with van der Waals surface area (Å²) in [6.07, 6.45) is 0. The molecule has 0 aliphatic carbocycles. The number of hydrogen-bond acceptors (Lipinski definition) is 2. The zero-order valence-electron chi connectivity index (χ0n) is 11.3. The van der Waals surface area contributed by atoms with Gasteiger partial charge in [-0.1, -0.05) is 17.7 Å². The molecule has 0 saturated heterocycles. The Kier molecular flexibility index (Phi) is 4.85. The molecule has 0 bridgehead atoms. The lowest BCUT2D eigenvalue weighted by atomic mass is 10.1. The smallest absolute Gasteiger partial charge is 0.255 e. The minimum Gasteiger partial charge on any atom is -0.496 e. The predicted molar refractivity (Wildman–Crippen MR) is 84.8 cm³/mol. The number of hydrogen-bond donors (Lipinski definition) is 1. The maximum Gasteiger partial charge on any atom is 0.255 e. The van der Waals surface area contributed by atoms with Gasteiger partial charge >= 0.3 is 0 Å². The van der Waals surface area contributed by atoms with Crippen molar-refractivity contribution >= 4 is 39.1 Å². The van der Waals surface area contributed by atoms with Crippen molar-refractivity contribution in [3.8, 4) is 5.75 Å². The number of ether oxygens (including phenoxy) is 1. The number of halogens is 3. The number of benzene rings is 2. The highest BCUT2D eigenvalue weighted by molar-refractivity contribution is 9.10. The third-order valence-corrected chi connectivity index (χ3v) is 3.84. The van der Waals surface area contributed by atoms with Crippen molar-refractivity contribution in [3.05, 3.63) is 56.8 Å². The molecule has 1 N–H and O–H groups in total. The minimum atomic E-state index is -0.484. The topological polar surface area (TPSA) is 38.3 Å². The Labute approximate surface area is 135 Å². The molecule has 0 atom stereocenters. The van der Waals surface area contributed by atoms with Crippen molar-refractivity contribution in [1.82, 2.24) is 0 Å². The number of carbonyl (C=O) groups is 1. The lowest BCUT2D eigenvalue weighted by Gasteiger charge is -2.11. The lowest BCUT2D eigenvalue weighted by molar-refractivity contribution is 0.102. The molecule has 0 aromatic heterocycles. The molecule has 2 aromatic carbocycles. The molecule has 0 unspecified atom stereocenters. The van der Waals surface area contributed by atoms with Gasteiger partial charge in [0, 0.05) is 10.0 Å². The van der Waals surface area contributed by atoms with Crippen LogP contribution in [0.1, 0.15) is 15.9 Å². The average Bonchev–Trinajstić information content (AvgIpc) is 2.43. The molecule has 110 valence electrons. The van der Waals surface area contributed by atoms with Gasteiger partial charge in [0.05, 0.1) is 17.8 Å². The summed E-state index contributed by atoms with van der Waals surface area (Å²) in [5.41, 5.74) is 1.67. The molecule has 0 fully saturated rings. The zero-order valence-corrected chi connectivity index (χ0v) is 13.7. The Hall–Kier alpha value is -1.59. The van der Waals surface area contributed by atoms with Crippen molar-refractivity contribution < 1.29 is 13.9 Å². The van der Waals surface area contributed by atoms with Crippen LogP contribution in [0.3, 0.4) is 0 Å². The molecule has 0 saturated carbocycles. The summed E-state index contributed by atoms with van der Waals surface area (Å²) >= 11 is 9.12. The first-order chi connectivity index (χ1) is 9.92. The first-order valence-corrected chi connectivity index (χ1v) is 7.20. The van der Waals surface area contributed by atoms with Gasteiger partial charge in [-0.2, -0.15) is 0 Å². The van der Waals surface area contributed by atoms with E-state index in [9.17, 15) is 9.18 Å². The van der Waals surface area contributed by atoms with Gasteiger partial charge in [-0.15, -0.1) is 0 Å². The summed E-state index contributed by atoms with van der Waals surface area (Å²) in [6, 6.07) is 7.47. The quantitative estimate of drug-likeness (QED) is 0.839. The highest BCUT2D eigenvalue weighted by Gasteiger charge is 2.14. The largest absolute Gasteiger partial charge is 0.496 e. The number of nitrogens with one attached hydrogen (secondary N) is 1. The van der Waals surface area contributed by atoms with E-state index >= 15 is 0 Å². The fourth-order valence-corrected chi connectivity index (χ4v) is 2.71. The Morgan fingerprint density at radius 1 is 1.33 bits per heavy atom. The van der Waals surface area contributed by atoms with Gasteiger partial charge in [-0.25, -0.2) is 4.39 Å².